The van der Waals surface area contributed by atoms with Crippen molar-refractivity contribution in [2.45, 2.75) is 19.8 Å². The van der Waals surface area contributed by atoms with Crippen LogP contribution in [0.5, 0.6) is 0 Å². The van der Waals surface area contributed by atoms with Crippen molar-refractivity contribution >= 4 is 10.1 Å². The molecule has 0 aliphatic carbocycles. The highest BCUT2D eigenvalue weighted by Gasteiger charge is 2.20. The van der Waals surface area contributed by atoms with Gasteiger partial charge in [-0.2, -0.15) is 8.42 Å². The quantitative estimate of drug-likeness (QED) is 0.655. The zero-order valence-corrected chi connectivity index (χ0v) is 9.72. The highest BCUT2D eigenvalue weighted by molar-refractivity contribution is 7.85. The summed E-state index contributed by atoms with van der Waals surface area (Å²) in [5.74, 6) is 0.374. The molecular weight excluding hydrogens is 202 g/mol. The average Bonchev–Trinajstić information content (AvgIpc) is 2.14. The Labute approximate surface area is 86.4 Å². The maximum atomic E-state index is 10.8. The first-order valence-electron chi connectivity index (χ1n) is 5.08. The van der Waals surface area contributed by atoms with E-state index in [0.29, 0.717) is 12.5 Å². The summed E-state index contributed by atoms with van der Waals surface area (Å²) >= 11 is 0. The van der Waals surface area contributed by atoms with Gasteiger partial charge in [0.15, 0.2) is 0 Å². The van der Waals surface area contributed by atoms with E-state index in [9.17, 15) is 8.42 Å². The molecule has 1 heterocycles. The largest absolute Gasteiger partial charge is 0.303 e. The van der Waals surface area contributed by atoms with E-state index in [-0.39, 0.29) is 0 Å². The summed E-state index contributed by atoms with van der Waals surface area (Å²) in [4.78, 5) is 2.33. The first-order chi connectivity index (χ1) is 6.51. The van der Waals surface area contributed by atoms with Crippen LogP contribution < -0.4 is 0 Å². The third kappa shape index (κ3) is 4.39. The fraction of sp³-hybridized carbons (Fsp3) is 1.00. The molecule has 0 bridgehead atoms. The highest BCUT2D eigenvalue weighted by atomic mass is 32.2. The van der Waals surface area contributed by atoms with E-state index in [0.717, 1.165) is 38.7 Å². The van der Waals surface area contributed by atoms with Gasteiger partial charge in [0.1, 0.15) is 0 Å². The van der Waals surface area contributed by atoms with Gasteiger partial charge in [0.25, 0.3) is 10.1 Å². The van der Waals surface area contributed by atoms with E-state index in [4.69, 9.17) is 4.18 Å². The number of rotatable bonds is 4. The summed E-state index contributed by atoms with van der Waals surface area (Å²) in [7, 11) is -3.27. The van der Waals surface area contributed by atoms with Gasteiger partial charge in [0, 0.05) is 6.54 Å². The molecule has 0 aromatic heterocycles. The van der Waals surface area contributed by atoms with Crippen molar-refractivity contribution in [2.75, 3.05) is 32.5 Å². The summed E-state index contributed by atoms with van der Waals surface area (Å²) in [5, 5.41) is 0. The van der Waals surface area contributed by atoms with Crippen molar-refractivity contribution in [2.24, 2.45) is 5.92 Å². The molecule has 0 N–H and O–H groups in total. The zero-order valence-electron chi connectivity index (χ0n) is 8.90. The smallest absolute Gasteiger partial charge is 0.264 e. The van der Waals surface area contributed by atoms with Crippen LogP contribution in [-0.4, -0.2) is 45.8 Å². The first-order valence-corrected chi connectivity index (χ1v) is 6.89. The van der Waals surface area contributed by atoms with Gasteiger partial charge in [-0.25, -0.2) is 0 Å². The van der Waals surface area contributed by atoms with E-state index in [2.05, 4.69) is 11.8 Å². The molecule has 0 radical (unpaired) electrons. The van der Waals surface area contributed by atoms with Crippen LogP contribution in [0.3, 0.4) is 0 Å². The normalized spacial score (nSPS) is 25.1. The third-order valence-corrected chi connectivity index (χ3v) is 3.13. The summed E-state index contributed by atoms with van der Waals surface area (Å²) < 4.78 is 26.4. The summed E-state index contributed by atoms with van der Waals surface area (Å²) in [6.45, 7) is 5.60. The third-order valence-electron chi connectivity index (χ3n) is 2.57. The molecule has 14 heavy (non-hydrogen) atoms. The molecule has 0 amide bonds. The van der Waals surface area contributed by atoms with E-state index < -0.39 is 10.1 Å². The van der Waals surface area contributed by atoms with Crippen LogP contribution in [0.4, 0.5) is 0 Å². The highest BCUT2D eigenvalue weighted by Crippen LogP contribution is 2.16. The number of nitrogens with zero attached hydrogens (tertiary/aromatic N) is 1. The van der Waals surface area contributed by atoms with Gasteiger partial charge in [-0.3, -0.25) is 4.18 Å². The number of likely N-dealkylation sites (tertiary alicyclic amines) is 1. The molecule has 1 atom stereocenters. The lowest BCUT2D eigenvalue weighted by Crippen LogP contribution is -2.37. The molecule has 1 rings (SSSR count). The van der Waals surface area contributed by atoms with Crippen LogP contribution in [0.2, 0.25) is 0 Å². The SMILES string of the molecule is CCN1CCC[C@@H](COS(C)(=O)=O)C1. The number of piperidine rings is 1. The Morgan fingerprint density at radius 2 is 2.21 bits per heavy atom. The van der Waals surface area contributed by atoms with E-state index in [1.165, 1.54) is 0 Å². The number of hydrogen-bond donors (Lipinski definition) is 0. The second-order valence-electron chi connectivity index (χ2n) is 3.89. The Kier molecular flexibility index (Phi) is 4.34. The molecule has 1 aliphatic heterocycles. The van der Waals surface area contributed by atoms with E-state index in [1.807, 2.05) is 0 Å². The van der Waals surface area contributed by atoms with Gasteiger partial charge >= 0.3 is 0 Å². The lowest BCUT2D eigenvalue weighted by Gasteiger charge is -2.31. The lowest BCUT2D eigenvalue weighted by atomic mass is 9.99. The van der Waals surface area contributed by atoms with Gasteiger partial charge < -0.3 is 4.90 Å². The summed E-state index contributed by atoms with van der Waals surface area (Å²) in [6.07, 6.45) is 3.32. The van der Waals surface area contributed by atoms with E-state index in [1.54, 1.807) is 0 Å². The Morgan fingerprint density at radius 1 is 1.50 bits per heavy atom. The van der Waals surface area contributed by atoms with Gasteiger partial charge in [0.2, 0.25) is 0 Å². The van der Waals surface area contributed by atoms with Crippen LogP contribution in [0.15, 0.2) is 0 Å². The molecule has 1 saturated heterocycles. The van der Waals surface area contributed by atoms with Crippen LogP contribution >= 0.6 is 0 Å². The molecule has 5 heteroatoms. The molecule has 1 fully saturated rings. The summed E-state index contributed by atoms with van der Waals surface area (Å²) in [6, 6.07) is 0. The Bertz CT molecular complexity index is 263. The van der Waals surface area contributed by atoms with E-state index >= 15 is 0 Å². The second-order valence-corrected chi connectivity index (χ2v) is 5.53. The Hall–Kier alpha value is -0.130. The van der Waals surface area contributed by atoms with Crippen molar-refractivity contribution in [3.8, 4) is 0 Å². The fourth-order valence-electron chi connectivity index (χ4n) is 1.79. The molecule has 1 aliphatic rings. The maximum absolute atomic E-state index is 10.8. The van der Waals surface area contributed by atoms with Crippen LogP contribution in [0, 0.1) is 5.92 Å². The second kappa shape index (κ2) is 5.09. The molecule has 84 valence electrons. The Balaban J connectivity index is 2.31. The Morgan fingerprint density at radius 3 is 2.79 bits per heavy atom. The van der Waals surface area contributed by atoms with Crippen molar-refractivity contribution < 1.29 is 12.6 Å². The number of hydrogen-bond acceptors (Lipinski definition) is 4. The summed E-state index contributed by atoms with van der Waals surface area (Å²) in [5.41, 5.74) is 0. The van der Waals surface area contributed by atoms with Crippen molar-refractivity contribution in [3.05, 3.63) is 0 Å². The van der Waals surface area contributed by atoms with Gasteiger partial charge in [-0.05, 0) is 31.8 Å². The van der Waals surface area contributed by atoms with Gasteiger partial charge in [0.05, 0.1) is 12.9 Å². The molecule has 0 unspecified atom stereocenters. The molecule has 0 aromatic carbocycles. The monoisotopic (exact) mass is 221 g/mol. The van der Waals surface area contributed by atoms with Crippen LogP contribution in [-0.2, 0) is 14.3 Å². The predicted molar refractivity (Wildman–Crippen MR) is 55.6 cm³/mol. The van der Waals surface area contributed by atoms with Crippen LogP contribution in [0.25, 0.3) is 0 Å². The molecule has 0 saturated carbocycles. The zero-order chi connectivity index (χ0) is 10.6. The predicted octanol–water partition coefficient (Wildman–Crippen LogP) is 0.694. The lowest BCUT2D eigenvalue weighted by molar-refractivity contribution is 0.138. The minimum Gasteiger partial charge on any atom is -0.303 e. The minimum atomic E-state index is -3.27. The van der Waals surface area contributed by atoms with Crippen molar-refractivity contribution in [1.29, 1.82) is 0 Å². The molecular formula is C9H19NO3S. The van der Waals surface area contributed by atoms with Crippen molar-refractivity contribution in [3.63, 3.8) is 0 Å². The first kappa shape index (κ1) is 11.9. The maximum Gasteiger partial charge on any atom is 0.264 e. The molecule has 4 nitrogen and oxygen atoms in total. The topological polar surface area (TPSA) is 46.6 Å². The van der Waals surface area contributed by atoms with Crippen LogP contribution in [0.1, 0.15) is 19.8 Å². The van der Waals surface area contributed by atoms with Gasteiger partial charge in [-0.15, -0.1) is 0 Å². The minimum absolute atomic E-state index is 0.343. The average molecular weight is 221 g/mol. The molecule has 0 aromatic rings. The van der Waals surface area contributed by atoms with Crippen molar-refractivity contribution in [1.82, 2.24) is 4.90 Å². The van der Waals surface area contributed by atoms with Gasteiger partial charge in [-0.1, -0.05) is 6.92 Å². The fourth-order valence-corrected chi connectivity index (χ4v) is 2.23. The standard InChI is InChI=1S/C9H19NO3S/c1-3-10-6-4-5-9(7-10)8-13-14(2,11)12/h9H,3-8H2,1-2H3/t9-/m1/s1. The molecule has 0 spiro atoms.